The van der Waals surface area contributed by atoms with Gasteiger partial charge in [-0.3, -0.25) is 0 Å². The van der Waals surface area contributed by atoms with Gasteiger partial charge in [-0.1, -0.05) is 106 Å². The number of aromatic nitrogens is 2. The molecule has 9 rings (SSSR count). The number of furan rings is 1. The molecule has 0 aliphatic heterocycles. The number of hydrogen-bond acceptors (Lipinski definition) is 3. The van der Waals surface area contributed by atoms with Crippen molar-refractivity contribution >= 4 is 43.5 Å². The molecule has 1 aliphatic carbocycles. The van der Waals surface area contributed by atoms with Crippen molar-refractivity contribution in [3.63, 3.8) is 0 Å². The SMILES string of the molecule is CC(C)(C)c1ccc(-c2[c-]cccc2)nc1.[2H]C([2H])([2H])c1cnc(-c2[c-]ccc3c2oc2cc4c(ccc5ccccc54)cc23)cc1C1([2H])CCCCC1.[Ir]. The van der Waals surface area contributed by atoms with Crippen molar-refractivity contribution in [1.82, 2.24) is 9.97 Å². The zero-order valence-corrected chi connectivity index (χ0v) is 31.5. The van der Waals surface area contributed by atoms with E-state index in [9.17, 15) is 1.37 Å². The molecule has 3 aromatic heterocycles. The third-order valence-corrected chi connectivity index (χ3v) is 9.91. The first-order valence-electron chi connectivity index (χ1n) is 19.5. The van der Waals surface area contributed by atoms with Crippen molar-refractivity contribution in [3.05, 3.63) is 144 Å². The molecule has 4 heteroatoms. The van der Waals surface area contributed by atoms with Gasteiger partial charge in [0.1, 0.15) is 5.58 Å². The summed E-state index contributed by atoms with van der Waals surface area (Å²) in [4.78, 5) is 9.07. The maximum Gasteiger partial charge on any atom is 0.121 e. The average molecular weight is 847 g/mol. The summed E-state index contributed by atoms with van der Waals surface area (Å²) in [6.07, 6.45) is 7.63. The van der Waals surface area contributed by atoms with Crippen LogP contribution < -0.4 is 0 Å². The standard InChI is InChI=1S/C32H26NO.C15H16N.Ir/c1-20-19-33-30(17-27(20)21-8-3-2-4-9-21)26-13-7-12-25-29-16-23-15-14-22-10-5-6-11-24(22)28(23)18-31(29)34-32(25)26;1-15(2,3)13-9-10-14(16-11-13)12-7-5-4-6-8-12;/h5-7,10-12,14-19,21H,2-4,8-9H2,1H3;4-7,9-11H,1-3H3;/q2*-1;/i1D3,21D;;. The van der Waals surface area contributed by atoms with Crippen LogP contribution in [0, 0.1) is 19.0 Å². The van der Waals surface area contributed by atoms with Gasteiger partial charge in [0.05, 0.1) is 5.58 Å². The second-order valence-corrected chi connectivity index (χ2v) is 14.3. The Bertz CT molecular complexity index is 2620. The molecule has 5 aromatic carbocycles. The number of fused-ring (bicyclic) bond motifs is 6. The van der Waals surface area contributed by atoms with E-state index < -0.39 is 12.7 Å². The molecule has 0 spiro atoms. The first-order chi connectivity index (χ1) is 25.9. The van der Waals surface area contributed by atoms with Gasteiger partial charge in [-0.25, -0.2) is 0 Å². The van der Waals surface area contributed by atoms with Crippen LogP contribution >= 0.6 is 0 Å². The number of rotatable bonds is 3. The van der Waals surface area contributed by atoms with Crippen LogP contribution in [-0.4, -0.2) is 9.97 Å². The molecule has 0 bridgehead atoms. The Morgan fingerprint density at radius 1 is 0.725 bits per heavy atom. The Morgan fingerprint density at radius 2 is 1.53 bits per heavy atom. The van der Waals surface area contributed by atoms with Gasteiger partial charge in [-0.05, 0) is 92.8 Å². The van der Waals surface area contributed by atoms with Gasteiger partial charge < -0.3 is 14.4 Å². The predicted octanol–water partition coefficient (Wildman–Crippen LogP) is 13.0. The molecule has 0 saturated heterocycles. The second-order valence-electron chi connectivity index (χ2n) is 14.3. The van der Waals surface area contributed by atoms with Crippen molar-refractivity contribution in [3.8, 4) is 22.5 Å². The number of nitrogens with zero attached hydrogens (tertiary/aromatic N) is 2. The molecule has 1 radical (unpaired) electrons. The number of aryl methyl sites for hydroxylation is 1. The van der Waals surface area contributed by atoms with Crippen molar-refractivity contribution in [2.45, 2.75) is 71.0 Å². The summed E-state index contributed by atoms with van der Waals surface area (Å²) in [6.45, 7) is 4.25. The summed E-state index contributed by atoms with van der Waals surface area (Å²) in [5, 5.41) is 6.62. The molecule has 51 heavy (non-hydrogen) atoms. The van der Waals surface area contributed by atoms with Crippen LogP contribution in [0.4, 0.5) is 0 Å². The molecule has 257 valence electrons. The van der Waals surface area contributed by atoms with Crippen LogP contribution in [0.1, 0.15) is 80.9 Å². The zero-order chi connectivity index (χ0) is 37.7. The minimum absolute atomic E-state index is 0. The van der Waals surface area contributed by atoms with Gasteiger partial charge >= 0.3 is 0 Å². The average Bonchev–Trinajstić information content (AvgIpc) is 3.55. The molecule has 1 fully saturated rings. The minimum atomic E-state index is -2.33. The predicted molar refractivity (Wildman–Crippen MR) is 209 cm³/mol. The summed E-state index contributed by atoms with van der Waals surface area (Å²) in [7, 11) is 0. The number of benzene rings is 5. The van der Waals surface area contributed by atoms with E-state index in [2.05, 4.69) is 97.5 Å². The van der Waals surface area contributed by atoms with Crippen LogP contribution in [0.25, 0.3) is 66.0 Å². The van der Waals surface area contributed by atoms with E-state index in [1.54, 1.807) is 0 Å². The van der Waals surface area contributed by atoms with Gasteiger partial charge in [-0.2, -0.15) is 0 Å². The second kappa shape index (κ2) is 14.5. The summed E-state index contributed by atoms with van der Waals surface area (Å²) in [6, 6.07) is 41.2. The van der Waals surface area contributed by atoms with Crippen LogP contribution in [0.15, 0.2) is 120 Å². The number of hydrogen-bond donors (Lipinski definition) is 0. The molecule has 0 atom stereocenters. The normalized spacial score (nSPS) is 15.7. The van der Waals surface area contributed by atoms with Crippen LogP contribution in [0.3, 0.4) is 0 Å². The first kappa shape index (κ1) is 30.0. The molecular weight excluding hydrogens is 801 g/mol. The largest absolute Gasteiger partial charge is 0.501 e. The van der Waals surface area contributed by atoms with Gasteiger partial charge in [0.25, 0.3) is 0 Å². The Hall–Kier alpha value is -4.63. The molecule has 1 aliphatic rings. The van der Waals surface area contributed by atoms with Crippen molar-refractivity contribution in [2.24, 2.45) is 0 Å². The Labute approximate surface area is 320 Å². The fraction of sp³-hybridized carbons (Fsp3) is 0.234. The zero-order valence-electron chi connectivity index (χ0n) is 33.1. The Morgan fingerprint density at radius 3 is 2.29 bits per heavy atom. The smallest absolute Gasteiger partial charge is 0.121 e. The molecule has 8 aromatic rings. The van der Waals surface area contributed by atoms with E-state index in [4.69, 9.17) is 8.53 Å². The van der Waals surface area contributed by atoms with E-state index >= 15 is 0 Å². The summed E-state index contributed by atoms with van der Waals surface area (Å²) < 4.78 is 40.0. The molecular formula is C47H42IrN2O-2. The summed E-state index contributed by atoms with van der Waals surface area (Å²) in [5.41, 5.74) is 6.90. The molecule has 3 nitrogen and oxygen atoms in total. The summed E-state index contributed by atoms with van der Waals surface area (Å²) in [5.74, 6) is -0.930. The van der Waals surface area contributed by atoms with E-state index in [-0.39, 0.29) is 31.1 Å². The van der Waals surface area contributed by atoms with Crippen LogP contribution in [-0.2, 0) is 25.5 Å². The third-order valence-electron chi connectivity index (χ3n) is 9.91. The van der Waals surface area contributed by atoms with E-state index in [1.165, 1.54) is 22.5 Å². The van der Waals surface area contributed by atoms with Gasteiger partial charge in [0.2, 0.25) is 0 Å². The monoisotopic (exact) mass is 847 g/mol. The quantitative estimate of drug-likeness (QED) is 0.131. The van der Waals surface area contributed by atoms with Crippen molar-refractivity contribution in [1.29, 1.82) is 0 Å². The first-order valence-corrected chi connectivity index (χ1v) is 17.5. The van der Waals surface area contributed by atoms with Crippen LogP contribution in [0.5, 0.6) is 0 Å². The molecule has 3 heterocycles. The van der Waals surface area contributed by atoms with Crippen molar-refractivity contribution < 1.29 is 30.0 Å². The number of pyridine rings is 2. The molecule has 0 N–H and O–H groups in total. The van der Waals surface area contributed by atoms with Gasteiger partial charge in [-0.15, -0.1) is 54.1 Å². The molecule has 0 amide bonds. The fourth-order valence-corrected chi connectivity index (χ4v) is 7.11. The topological polar surface area (TPSA) is 38.9 Å². The minimum Gasteiger partial charge on any atom is -0.501 e. The van der Waals surface area contributed by atoms with Crippen LogP contribution in [0.2, 0.25) is 0 Å². The Kier molecular flexibility index (Phi) is 8.57. The van der Waals surface area contributed by atoms with E-state index in [0.717, 1.165) is 57.6 Å². The maximum absolute atomic E-state index is 9.23. The molecule has 0 unspecified atom stereocenters. The van der Waals surface area contributed by atoms with Crippen molar-refractivity contribution in [2.75, 3.05) is 0 Å². The third kappa shape index (κ3) is 7.01. The maximum atomic E-state index is 9.23. The van der Waals surface area contributed by atoms with Gasteiger partial charge in [0, 0.05) is 43.4 Å². The fourth-order valence-electron chi connectivity index (χ4n) is 7.11. The van der Waals surface area contributed by atoms with E-state index in [0.29, 0.717) is 35.2 Å². The van der Waals surface area contributed by atoms with E-state index in [1.807, 2.05) is 54.7 Å². The Balaban J connectivity index is 0.000000231. The molecule has 1 saturated carbocycles. The van der Waals surface area contributed by atoms with Gasteiger partial charge in [0.15, 0.2) is 0 Å². The summed E-state index contributed by atoms with van der Waals surface area (Å²) >= 11 is 0.